The summed E-state index contributed by atoms with van der Waals surface area (Å²) in [5.41, 5.74) is 0. The van der Waals surface area contributed by atoms with Crippen LogP contribution in [0.3, 0.4) is 0 Å². The van der Waals surface area contributed by atoms with Crippen LogP contribution in [0.4, 0.5) is 0 Å². The highest BCUT2D eigenvalue weighted by Gasteiger charge is 2.04. The Hall–Kier alpha value is -0.570. The number of aliphatic hydroxyl groups is 1. The molecule has 0 atom stereocenters. The molecule has 0 fully saturated rings. The van der Waals surface area contributed by atoms with Crippen molar-refractivity contribution in [3.63, 3.8) is 0 Å². The molecule has 0 unspecified atom stereocenters. The molecule has 2 N–H and O–H groups in total. The summed E-state index contributed by atoms with van der Waals surface area (Å²) in [6, 6.07) is 0. The van der Waals surface area contributed by atoms with Gasteiger partial charge in [0, 0.05) is 6.42 Å². The molecule has 0 rings (SSSR count). The summed E-state index contributed by atoms with van der Waals surface area (Å²) in [6.07, 6.45) is 17.6. The summed E-state index contributed by atoms with van der Waals surface area (Å²) >= 11 is 0. The Kier molecular flexibility index (Phi) is 15.4. The number of rotatable bonds is 15. The number of hydrogen-bond donors (Lipinski definition) is 2. The molecule has 3 heteroatoms. The smallest absolute Gasteiger partial charge is 0.222 e. The van der Waals surface area contributed by atoms with Crippen LogP contribution in [0.5, 0.6) is 0 Å². The van der Waals surface area contributed by atoms with Gasteiger partial charge in [0.05, 0.1) is 0 Å². The predicted octanol–water partition coefficient (Wildman–Crippen LogP) is 5.47. The Morgan fingerprint density at radius 2 is 1.14 bits per heavy atom. The highest BCUT2D eigenvalue weighted by Crippen LogP contribution is 2.12. The first-order chi connectivity index (χ1) is 10.2. The van der Waals surface area contributed by atoms with Crippen molar-refractivity contribution in [2.24, 2.45) is 0 Å². The number of carbonyl (C=O) groups excluding carboxylic acids is 1. The predicted molar refractivity (Wildman–Crippen MR) is 89.3 cm³/mol. The molecule has 0 aromatic rings. The number of nitrogens with one attached hydrogen (secondary N) is 1. The molecule has 0 aliphatic heterocycles. The molecule has 21 heavy (non-hydrogen) atoms. The third-order valence-electron chi connectivity index (χ3n) is 3.83. The minimum Gasteiger partial charge on any atom is -0.367 e. The van der Waals surface area contributed by atoms with E-state index in [1.54, 1.807) is 0 Å². The van der Waals surface area contributed by atoms with Gasteiger partial charge in [-0.15, -0.1) is 0 Å². The van der Waals surface area contributed by atoms with E-state index in [0.29, 0.717) is 6.42 Å². The molecule has 0 spiro atoms. The molecule has 1 radical (unpaired) electrons. The molecule has 0 aromatic carbocycles. The Morgan fingerprint density at radius 1 is 0.762 bits per heavy atom. The van der Waals surface area contributed by atoms with Gasteiger partial charge >= 0.3 is 0 Å². The zero-order chi connectivity index (χ0) is 15.8. The van der Waals surface area contributed by atoms with Gasteiger partial charge < -0.3 is 10.4 Å². The summed E-state index contributed by atoms with van der Waals surface area (Å²) in [7, 11) is 0. The maximum atomic E-state index is 11.3. The molecule has 0 aliphatic carbocycles. The molecular formula is C18H36NO2. The van der Waals surface area contributed by atoms with Gasteiger partial charge in [-0.2, -0.15) is 0 Å². The first-order valence-corrected chi connectivity index (χ1v) is 8.99. The van der Waals surface area contributed by atoms with E-state index in [0.717, 1.165) is 12.8 Å². The van der Waals surface area contributed by atoms with Crippen LogP contribution in [0.1, 0.15) is 104 Å². The number of aliphatic hydroxyl groups excluding tert-OH is 1. The minimum atomic E-state index is -0.0712. The van der Waals surface area contributed by atoms with Crippen molar-refractivity contribution in [2.75, 3.05) is 0 Å². The summed E-state index contributed by atoms with van der Waals surface area (Å²) in [4.78, 5) is 11.3. The van der Waals surface area contributed by atoms with Gasteiger partial charge in [0.25, 0.3) is 0 Å². The van der Waals surface area contributed by atoms with E-state index in [9.17, 15) is 4.79 Å². The van der Waals surface area contributed by atoms with Crippen molar-refractivity contribution in [1.29, 1.82) is 0 Å². The molecule has 0 saturated carbocycles. The highest BCUT2D eigenvalue weighted by atomic mass is 16.3. The maximum absolute atomic E-state index is 11.3. The van der Waals surface area contributed by atoms with Gasteiger partial charge in [0.1, 0.15) is 0 Å². The van der Waals surface area contributed by atoms with E-state index in [2.05, 4.69) is 12.2 Å². The Balaban J connectivity index is 3.07. The fraction of sp³-hybridized carbons (Fsp3) is 0.889. The average Bonchev–Trinajstić information content (AvgIpc) is 2.43. The second-order valence-corrected chi connectivity index (χ2v) is 6.13. The fourth-order valence-corrected chi connectivity index (χ4v) is 2.57. The molecule has 1 amide bonds. The molecule has 125 valence electrons. The van der Waals surface area contributed by atoms with E-state index >= 15 is 0 Å². The van der Waals surface area contributed by atoms with Gasteiger partial charge in [0.2, 0.25) is 5.91 Å². The zero-order valence-corrected chi connectivity index (χ0v) is 14.3. The minimum absolute atomic E-state index is 0.00491. The van der Waals surface area contributed by atoms with Gasteiger partial charge in [-0.3, -0.25) is 4.79 Å². The summed E-state index contributed by atoms with van der Waals surface area (Å²) in [6.45, 7) is 3.75. The van der Waals surface area contributed by atoms with Crippen LogP contribution in [0.25, 0.3) is 0 Å². The number of carbonyl (C=O) groups is 1. The van der Waals surface area contributed by atoms with Crippen LogP contribution < -0.4 is 5.32 Å². The molecule has 0 saturated heterocycles. The third-order valence-corrected chi connectivity index (χ3v) is 3.83. The third kappa shape index (κ3) is 17.4. The molecule has 0 aliphatic rings. The standard InChI is InChI=1S/C18H36NO2/c1-3-4-5-6-7-8-9-10-11-12-13-14-15-16-18(21)19-17(2)20/h20H,3-16H2,1-2H3,(H,19,21). The molecule has 3 nitrogen and oxygen atoms in total. The lowest BCUT2D eigenvalue weighted by atomic mass is 10.0. The molecule has 0 bridgehead atoms. The second-order valence-electron chi connectivity index (χ2n) is 6.13. The number of amides is 1. The van der Waals surface area contributed by atoms with Crippen molar-refractivity contribution >= 4 is 5.91 Å². The summed E-state index contributed by atoms with van der Waals surface area (Å²) < 4.78 is 0. The van der Waals surface area contributed by atoms with E-state index < -0.39 is 0 Å². The Bertz CT molecular complexity index is 229. The highest BCUT2D eigenvalue weighted by molar-refractivity contribution is 5.76. The van der Waals surface area contributed by atoms with Crippen molar-refractivity contribution in [3.8, 4) is 0 Å². The Labute approximate surface area is 131 Å². The van der Waals surface area contributed by atoms with E-state index in [1.807, 2.05) is 0 Å². The first kappa shape index (κ1) is 20.4. The van der Waals surface area contributed by atoms with Crippen LogP contribution in [-0.2, 0) is 4.79 Å². The number of hydrogen-bond acceptors (Lipinski definition) is 2. The van der Waals surface area contributed by atoms with Gasteiger partial charge in [-0.05, 0) is 13.3 Å². The van der Waals surface area contributed by atoms with E-state index in [1.165, 1.54) is 77.6 Å². The van der Waals surface area contributed by atoms with Crippen molar-refractivity contribution < 1.29 is 9.90 Å². The van der Waals surface area contributed by atoms with Gasteiger partial charge in [-0.1, -0.05) is 84.0 Å². The van der Waals surface area contributed by atoms with Gasteiger partial charge in [0.15, 0.2) is 6.23 Å². The quantitative estimate of drug-likeness (QED) is 0.394. The lowest BCUT2D eigenvalue weighted by molar-refractivity contribution is -0.121. The van der Waals surface area contributed by atoms with Crippen LogP contribution in [-0.4, -0.2) is 11.0 Å². The van der Waals surface area contributed by atoms with Crippen molar-refractivity contribution in [2.45, 2.75) is 104 Å². The average molecular weight is 298 g/mol. The largest absolute Gasteiger partial charge is 0.367 e. The summed E-state index contributed by atoms with van der Waals surface area (Å²) in [5, 5.41) is 11.3. The van der Waals surface area contributed by atoms with Crippen molar-refractivity contribution in [3.05, 3.63) is 6.23 Å². The SMILES string of the molecule is CCCCCCCCCCCCCCCC(=O)N[C](C)O. The summed E-state index contributed by atoms with van der Waals surface area (Å²) in [5.74, 6) is -0.0712. The van der Waals surface area contributed by atoms with Crippen LogP contribution in [0.15, 0.2) is 0 Å². The lowest BCUT2D eigenvalue weighted by Crippen LogP contribution is -2.25. The second kappa shape index (κ2) is 15.8. The first-order valence-electron chi connectivity index (χ1n) is 8.99. The fourth-order valence-electron chi connectivity index (χ4n) is 2.57. The van der Waals surface area contributed by atoms with E-state index in [4.69, 9.17) is 5.11 Å². The molecule has 0 aromatic heterocycles. The number of unbranched alkanes of at least 4 members (excludes halogenated alkanes) is 12. The van der Waals surface area contributed by atoms with E-state index in [-0.39, 0.29) is 12.1 Å². The van der Waals surface area contributed by atoms with Gasteiger partial charge in [-0.25, -0.2) is 0 Å². The van der Waals surface area contributed by atoms with Crippen LogP contribution >= 0.6 is 0 Å². The molecule has 0 heterocycles. The van der Waals surface area contributed by atoms with Crippen LogP contribution in [0, 0.1) is 6.23 Å². The normalized spacial score (nSPS) is 11.0. The zero-order valence-electron chi connectivity index (χ0n) is 14.3. The molecular weight excluding hydrogens is 262 g/mol. The van der Waals surface area contributed by atoms with Crippen LogP contribution in [0.2, 0.25) is 0 Å². The monoisotopic (exact) mass is 298 g/mol. The van der Waals surface area contributed by atoms with Crippen molar-refractivity contribution in [1.82, 2.24) is 5.32 Å². The lowest BCUT2D eigenvalue weighted by Gasteiger charge is -2.06. The topological polar surface area (TPSA) is 49.3 Å². The Morgan fingerprint density at radius 3 is 1.52 bits per heavy atom. The maximum Gasteiger partial charge on any atom is 0.222 e.